The van der Waals surface area contributed by atoms with Gasteiger partial charge in [-0.15, -0.1) is 0 Å². The molecule has 1 amide bonds. The second-order valence-corrected chi connectivity index (χ2v) is 9.29. The van der Waals surface area contributed by atoms with E-state index in [0.29, 0.717) is 30.6 Å². The molecule has 2 saturated carbocycles. The number of rotatable bonds is 9. The van der Waals surface area contributed by atoms with E-state index in [4.69, 9.17) is 0 Å². The first kappa shape index (κ1) is 20.8. The van der Waals surface area contributed by atoms with E-state index in [1.165, 1.54) is 64.2 Å². The van der Waals surface area contributed by atoms with Crippen molar-refractivity contribution in [2.75, 3.05) is 18.6 Å². The molecule has 1 atom stereocenters. The number of amides is 1. The SMILES string of the molecule is CC(C(=O)CCSCCC(=O)N(C)C1CCCCC1)C1CCCCC1. The van der Waals surface area contributed by atoms with Crippen LogP contribution in [0.1, 0.15) is 84.0 Å². The summed E-state index contributed by atoms with van der Waals surface area (Å²) in [5.74, 6) is 3.29. The lowest BCUT2D eigenvalue weighted by atomic mass is 9.78. The van der Waals surface area contributed by atoms with Crippen LogP contribution in [0.5, 0.6) is 0 Å². The molecular weight excluding hydrogens is 330 g/mol. The Balaban J connectivity index is 1.56. The van der Waals surface area contributed by atoms with Gasteiger partial charge < -0.3 is 4.90 Å². The van der Waals surface area contributed by atoms with Crippen LogP contribution in [0.4, 0.5) is 0 Å². The molecule has 0 aromatic heterocycles. The van der Waals surface area contributed by atoms with Crippen LogP contribution in [-0.4, -0.2) is 41.2 Å². The van der Waals surface area contributed by atoms with Gasteiger partial charge in [-0.25, -0.2) is 0 Å². The molecule has 3 nitrogen and oxygen atoms in total. The van der Waals surface area contributed by atoms with Crippen LogP contribution in [0.25, 0.3) is 0 Å². The largest absolute Gasteiger partial charge is 0.343 e. The summed E-state index contributed by atoms with van der Waals surface area (Å²) in [5, 5.41) is 0. The minimum Gasteiger partial charge on any atom is -0.343 e. The molecule has 0 N–H and O–H groups in total. The third kappa shape index (κ3) is 6.96. The van der Waals surface area contributed by atoms with Gasteiger partial charge in [0.25, 0.3) is 0 Å². The lowest BCUT2D eigenvalue weighted by Gasteiger charge is -2.31. The van der Waals surface area contributed by atoms with Crippen molar-refractivity contribution in [3.63, 3.8) is 0 Å². The highest BCUT2D eigenvalue weighted by Crippen LogP contribution is 2.31. The smallest absolute Gasteiger partial charge is 0.223 e. The standard InChI is InChI=1S/C21H37NO2S/c1-17(18-9-5-3-6-10-18)20(23)13-15-25-16-14-21(24)22(2)19-11-7-4-8-12-19/h17-19H,3-16H2,1-2H3. The molecule has 0 spiro atoms. The van der Waals surface area contributed by atoms with Crippen molar-refractivity contribution in [1.82, 2.24) is 4.90 Å². The van der Waals surface area contributed by atoms with Gasteiger partial charge in [0.2, 0.25) is 5.91 Å². The maximum absolute atomic E-state index is 12.4. The highest BCUT2D eigenvalue weighted by Gasteiger charge is 2.25. The van der Waals surface area contributed by atoms with E-state index in [2.05, 4.69) is 6.92 Å². The van der Waals surface area contributed by atoms with Gasteiger partial charge in [0.1, 0.15) is 5.78 Å². The Morgan fingerprint density at radius 3 is 2.12 bits per heavy atom. The Morgan fingerprint density at radius 1 is 0.920 bits per heavy atom. The zero-order valence-corrected chi connectivity index (χ0v) is 17.1. The van der Waals surface area contributed by atoms with Crippen molar-refractivity contribution in [1.29, 1.82) is 0 Å². The quantitative estimate of drug-likeness (QED) is 0.534. The number of Topliss-reactive ketones (excluding diaryl/α,β-unsaturated/α-hetero) is 1. The molecule has 0 heterocycles. The fraction of sp³-hybridized carbons (Fsp3) is 0.905. The Bertz CT molecular complexity index is 376. The molecule has 0 aromatic rings. The highest BCUT2D eigenvalue weighted by atomic mass is 32.2. The predicted octanol–water partition coefficient (Wildman–Crippen LogP) is 5.08. The summed E-state index contributed by atoms with van der Waals surface area (Å²) in [5.41, 5.74) is 0. The van der Waals surface area contributed by atoms with Gasteiger partial charge in [0.05, 0.1) is 0 Å². The van der Waals surface area contributed by atoms with E-state index in [-0.39, 0.29) is 11.8 Å². The fourth-order valence-corrected chi connectivity index (χ4v) is 5.28. The molecule has 0 bridgehead atoms. The molecule has 0 aromatic carbocycles. The van der Waals surface area contributed by atoms with Gasteiger partial charge in [-0.1, -0.05) is 45.4 Å². The maximum atomic E-state index is 12.4. The summed E-state index contributed by atoms with van der Waals surface area (Å²) in [6.45, 7) is 2.13. The molecule has 0 aliphatic heterocycles. The first-order valence-corrected chi connectivity index (χ1v) is 11.6. The zero-order valence-electron chi connectivity index (χ0n) is 16.3. The van der Waals surface area contributed by atoms with E-state index >= 15 is 0 Å². The molecule has 2 fully saturated rings. The van der Waals surface area contributed by atoms with Gasteiger partial charge in [-0.2, -0.15) is 11.8 Å². The fourth-order valence-electron chi connectivity index (χ4n) is 4.41. The number of carbonyl (C=O) groups excluding carboxylic acids is 2. The number of ketones is 1. The van der Waals surface area contributed by atoms with Gasteiger partial charge in [0, 0.05) is 43.4 Å². The molecular formula is C21H37NO2S. The van der Waals surface area contributed by atoms with Gasteiger partial charge in [-0.3, -0.25) is 9.59 Å². The lowest BCUT2D eigenvalue weighted by Crippen LogP contribution is -2.38. The van der Waals surface area contributed by atoms with E-state index in [9.17, 15) is 9.59 Å². The number of nitrogens with zero attached hydrogens (tertiary/aromatic N) is 1. The third-order valence-corrected chi connectivity index (χ3v) is 7.32. The minimum atomic E-state index is 0.236. The second-order valence-electron chi connectivity index (χ2n) is 8.06. The average molecular weight is 368 g/mol. The van der Waals surface area contributed by atoms with Crippen molar-refractivity contribution in [3.8, 4) is 0 Å². The summed E-state index contributed by atoms with van der Waals surface area (Å²) in [7, 11) is 1.97. The maximum Gasteiger partial charge on any atom is 0.223 e. The first-order valence-electron chi connectivity index (χ1n) is 10.5. The van der Waals surface area contributed by atoms with Gasteiger partial charge in [0.15, 0.2) is 0 Å². The molecule has 25 heavy (non-hydrogen) atoms. The van der Waals surface area contributed by atoms with Crippen LogP contribution >= 0.6 is 11.8 Å². The van der Waals surface area contributed by atoms with Crippen LogP contribution < -0.4 is 0 Å². The van der Waals surface area contributed by atoms with E-state index in [1.54, 1.807) is 11.8 Å². The Hall–Kier alpha value is -0.510. The average Bonchev–Trinajstić information content (AvgIpc) is 2.67. The third-order valence-electron chi connectivity index (χ3n) is 6.33. The topological polar surface area (TPSA) is 37.4 Å². The molecule has 1 unspecified atom stereocenters. The Kier molecular flexibility index (Phi) is 9.36. The zero-order chi connectivity index (χ0) is 18.1. The van der Waals surface area contributed by atoms with Crippen molar-refractivity contribution in [2.45, 2.75) is 90.0 Å². The molecule has 0 radical (unpaired) electrons. The first-order chi connectivity index (χ1) is 12.1. The van der Waals surface area contributed by atoms with Crippen LogP contribution in [0.3, 0.4) is 0 Å². The van der Waals surface area contributed by atoms with Gasteiger partial charge in [-0.05, 0) is 31.6 Å². The Labute approximate surface area is 158 Å². The number of hydrogen-bond acceptors (Lipinski definition) is 3. The summed E-state index contributed by atoms with van der Waals surface area (Å²) < 4.78 is 0. The van der Waals surface area contributed by atoms with Crippen LogP contribution in [-0.2, 0) is 9.59 Å². The molecule has 0 saturated heterocycles. The Morgan fingerprint density at radius 2 is 1.48 bits per heavy atom. The number of hydrogen-bond donors (Lipinski definition) is 0. The van der Waals surface area contributed by atoms with E-state index in [1.807, 2.05) is 11.9 Å². The molecule has 2 aliphatic carbocycles. The minimum absolute atomic E-state index is 0.236. The molecule has 2 rings (SSSR count). The van der Waals surface area contributed by atoms with Crippen LogP contribution in [0, 0.1) is 11.8 Å². The van der Waals surface area contributed by atoms with Crippen LogP contribution in [0.2, 0.25) is 0 Å². The predicted molar refractivity (Wildman–Crippen MR) is 107 cm³/mol. The lowest BCUT2D eigenvalue weighted by molar-refractivity contribution is -0.132. The van der Waals surface area contributed by atoms with Gasteiger partial charge >= 0.3 is 0 Å². The number of thioether (sulfide) groups is 1. The van der Waals surface area contributed by atoms with Crippen molar-refractivity contribution in [3.05, 3.63) is 0 Å². The number of carbonyl (C=O) groups is 2. The molecule has 144 valence electrons. The van der Waals surface area contributed by atoms with Crippen molar-refractivity contribution < 1.29 is 9.59 Å². The van der Waals surface area contributed by atoms with Crippen molar-refractivity contribution in [2.24, 2.45) is 11.8 Å². The highest BCUT2D eigenvalue weighted by molar-refractivity contribution is 7.99. The van der Waals surface area contributed by atoms with E-state index < -0.39 is 0 Å². The summed E-state index contributed by atoms with van der Waals surface area (Å²) in [4.78, 5) is 26.6. The van der Waals surface area contributed by atoms with Crippen LogP contribution in [0.15, 0.2) is 0 Å². The summed E-state index contributed by atoms with van der Waals surface area (Å²) >= 11 is 1.77. The molecule has 2 aliphatic rings. The summed E-state index contributed by atoms with van der Waals surface area (Å²) in [6, 6.07) is 0.462. The summed E-state index contributed by atoms with van der Waals surface area (Å²) in [6.07, 6.45) is 13.9. The monoisotopic (exact) mass is 367 g/mol. The molecule has 4 heteroatoms. The normalized spacial score (nSPS) is 21.0. The van der Waals surface area contributed by atoms with E-state index in [0.717, 1.165) is 11.5 Å². The second kappa shape index (κ2) is 11.3. The van der Waals surface area contributed by atoms with Crippen molar-refractivity contribution >= 4 is 23.5 Å².